The van der Waals surface area contributed by atoms with E-state index in [0.29, 0.717) is 16.6 Å². The molecule has 0 fully saturated rings. The number of nitrogens with two attached hydrogens (primary N) is 1. The summed E-state index contributed by atoms with van der Waals surface area (Å²) in [6.45, 7) is 1.59. The summed E-state index contributed by atoms with van der Waals surface area (Å²) in [5.41, 5.74) is 11.6. The summed E-state index contributed by atoms with van der Waals surface area (Å²) in [6, 6.07) is 7.77. The molecule has 0 saturated heterocycles. The summed E-state index contributed by atoms with van der Waals surface area (Å²) in [4.78, 5) is 28.2. The van der Waals surface area contributed by atoms with Crippen molar-refractivity contribution < 1.29 is 9.21 Å². The summed E-state index contributed by atoms with van der Waals surface area (Å²) < 4.78 is 5.34. The highest BCUT2D eigenvalue weighted by atomic mass is 16.3. The Balaban J connectivity index is 1.92. The number of hydrogen-bond donors (Lipinski definition) is 2. The Bertz CT molecular complexity index is 1160. The largest absolute Gasteiger partial charge is 0.443 e. The molecule has 3 N–H and O–H groups in total. The number of carbonyl (C=O) groups excluding carboxylic acids is 1. The van der Waals surface area contributed by atoms with Gasteiger partial charge in [-0.2, -0.15) is 0 Å². The van der Waals surface area contributed by atoms with Gasteiger partial charge in [0, 0.05) is 25.7 Å². The van der Waals surface area contributed by atoms with Crippen LogP contribution in [0, 0.1) is 0 Å². The zero-order chi connectivity index (χ0) is 19.8. The third-order valence-corrected chi connectivity index (χ3v) is 4.86. The molecule has 8 nitrogen and oxygen atoms in total. The maximum atomic E-state index is 12.3. The van der Waals surface area contributed by atoms with Crippen molar-refractivity contribution in [2.75, 3.05) is 39.1 Å². The van der Waals surface area contributed by atoms with Crippen LogP contribution >= 0.6 is 0 Å². The molecule has 4 aromatic rings. The van der Waals surface area contributed by atoms with E-state index in [0.717, 1.165) is 41.0 Å². The molecule has 0 aliphatic rings. The Morgan fingerprint density at radius 3 is 2.75 bits per heavy atom. The van der Waals surface area contributed by atoms with E-state index in [1.807, 2.05) is 50.3 Å². The molecule has 0 atom stereocenters. The van der Waals surface area contributed by atoms with Gasteiger partial charge in [0.25, 0.3) is 5.91 Å². The number of amides is 1. The van der Waals surface area contributed by atoms with Crippen LogP contribution in [0.4, 0.5) is 5.69 Å². The Kier molecular flexibility index (Phi) is 4.48. The average Bonchev–Trinajstić information content (AvgIpc) is 3.32. The number of oxazole rings is 1. The lowest BCUT2D eigenvalue weighted by Gasteiger charge is -2.24. The highest BCUT2D eigenvalue weighted by molar-refractivity contribution is 6.13. The van der Waals surface area contributed by atoms with Gasteiger partial charge in [-0.15, -0.1) is 0 Å². The molecule has 0 bridgehead atoms. The quantitative estimate of drug-likeness (QED) is 0.534. The minimum Gasteiger partial charge on any atom is -0.443 e. The Labute approximate surface area is 162 Å². The molecule has 0 saturated carbocycles. The number of H-pyrrole nitrogens is 1. The first-order chi connectivity index (χ1) is 13.5. The van der Waals surface area contributed by atoms with E-state index in [1.165, 1.54) is 6.39 Å². The molecule has 4 rings (SSSR count). The lowest BCUT2D eigenvalue weighted by atomic mass is 9.98. The van der Waals surface area contributed by atoms with Gasteiger partial charge in [0.1, 0.15) is 5.52 Å². The minimum absolute atomic E-state index is 0.444. The molecule has 2 aromatic heterocycles. The van der Waals surface area contributed by atoms with Crippen molar-refractivity contribution >= 4 is 33.7 Å². The fourth-order valence-electron chi connectivity index (χ4n) is 3.36. The predicted molar refractivity (Wildman–Crippen MR) is 109 cm³/mol. The van der Waals surface area contributed by atoms with Crippen LogP contribution < -0.4 is 10.6 Å². The SMILES string of the molecule is CN(C)CCN(C)c1cc(-c2ccc3ocnc3c2)c2nc[nH]c2c1C(N)=O. The van der Waals surface area contributed by atoms with Crippen molar-refractivity contribution in [2.24, 2.45) is 5.73 Å². The Hall–Kier alpha value is -3.39. The van der Waals surface area contributed by atoms with E-state index >= 15 is 0 Å². The van der Waals surface area contributed by atoms with E-state index in [2.05, 4.69) is 19.9 Å². The number of anilines is 1. The van der Waals surface area contributed by atoms with Gasteiger partial charge in [0.15, 0.2) is 12.0 Å². The number of primary amides is 1. The number of imidazole rings is 1. The van der Waals surface area contributed by atoms with Crippen LogP contribution in [0.15, 0.2) is 41.4 Å². The first-order valence-corrected chi connectivity index (χ1v) is 8.95. The molecule has 144 valence electrons. The molecule has 28 heavy (non-hydrogen) atoms. The molecule has 0 radical (unpaired) electrons. The van der Waals surface area contributed by atoms with Crippen LogP contribution in [-0.4, -0.2) is 60.0 Å². The number of nitrogens with zero attached hydrogens (tertiary/aromatic N) is 4. The molecule has 8 heteroatoms. The van der Waals surface area contributed by atoms with E-state index in [4.69, 9.17) is 10.2 Å². The van der Waals surface area contributed by atoms with E-state index in [9.17, 15) is 4.79 Å². The lowest BCUT2D eigenvalue weighted by Crippen LogP contribution is -2.30. The minimum atomic E-state index is -0.487. The maximum absolute atomic E-state index is 12.3. The van der Waals surface area contributed by atoms with Gasteiger partial charge in [-0.1, -0.05) is 6.07 Å². The smallest absolute Gasteiger partial charge is 0.253 e. The van der Waals surface area contributed by atoms with Gasteiger partial charge in [0.2, 0.25) is 0 Å². The van der Waals surface area contributed by atoms with Gasteiger partial charge in [-0.3, -0.25) is 4.79 Å². The average molecular weight is 378 g/mol. The predicted octanol–water partition coefficient (Wildman–Crippen LogP) is 2.47. The summed E-state index contributed by atoms with van der Waals surface area (Å²) in [5.74, 6) is -0.487. The molecule has 2 heterocycles. The molecule has 0 aliphatic heterocycles. The molecule has 2 aromatic carbocycles. The number of aromatic nitrogens is 3. The van der Waals surface area contributed by atoms with Crippen molar-refractivity contribution in [1.29, 1.82) is 0 Å². The zero-order valence-electron chi connectivity index (χ0n) is 16.1. The van der Waals surface area contributed by atoms with Gasteiger partial charge >= 0.3 is 0 Å². The van der Waals surface area contributed by atoms with Crippen LogP contribution in [0.25, 0.3) is 33.3 Å². The van der Waals surface area contributed by atoms with Crippen LogP contribution in [0.2, 0.25) is 0 Å². The van der Waals surface area contributed by atoms with Crippen molar-refractivity contribution in [1.82, 2.24) is 19.9 Å². The number of fused-ring (bicyclic) bond motifs is 2. The third kappa shape index (κ3) is 3.07. The number of rotatable bonds is 6. The normalized spacial score (nSPS) is 11.6. The fraction of sp³-hybridized carbons (Fsp3) is 0.250. The molecular formula is C20H22N6O2. The standard InChI is InChI=1S/C20H22N6O2/c1-25(2)6-7-26(3)15-9-13(12-4-5-16-14(8-12)24-11-28-16)18-19(23-10-22-18)17(15)20(21)27/h4-5,8-11H,6-7H2,1-3H3,(H2,21,27)(H,22,23). The van der Waals surface area contributed by atoms with E-state index < -0.39 is 5.91 Å². The van der Waals surface area contributed by atoms with Crippen LogP contribution in [0.3, 0.4) is 0 Å². The summed E-state index contributed by atoms with van der Waals surface area (Å²) >= 11 is 0. The van der Waals surface area contributed by atoms with Crippen LogP contribution in [0.5, 0.6) is 0 Å². The summed E-state index contributed by atoms with van der Waals surface area (Å²) in [6.07, 6.45) is 3.01. The molecule has 0 spiro atoms. The summed E-state index contributed by atoms with van der Waals surface area (Å²) in [7, 11) is 5.98. The number of likely N-dealkylation sites (N-methyl/N-ethyl adjacent to an activating group) is 2. The monoisotopic (exact) mass is 378 g/mol. The highest BCUT2D eigenvalue weighted by Crippen LogP contribution is 2.36. The molecule has 1 amide bonds. The number of carbonyl (C=O) groups is 1. The van der Waals surface area contributed by atoms with Crippen molar-refractivity contribution in [3.05, 3.63) is 42.5 Å². The Morgan fingerprint density at radius 2 is 2.00 bits per heavy atom. The molecule has 0 aliphatic carbocycles. The second-order valence-electron chi connectivity index (χ2n) is 7.07. The zero-order valence-corrected chi connectivity index (χ0v) is 16.1. The van der Waals surface area contributed by atoms with E-state index in [-0.39, 0.29) is 0 Å². The van der Waals surface area contributed by atoms with Gasteiger partial charge in [0.05, 0.1) is 28.6 Å². The number of hydrogen-bond acceptors (Lipinski definition) is 6. The first-order valence-electron chi connectivity index (χ1n) is 8.95. The van der Waals surface area contributed by atoms with Gasteiger partial charge in [-0.25, -0.2) is 9.97 Å². The first kappa shape index (κ1) is 18.0. The number of aromatic amines is 1. The highest BCUT2D eigenvalue weighted by Gasteiger charge is 2.21. The lowest BCUT2D eigenvalue weighted by molar-refractivity contribution is 0.100. The van der Waals surface area contributed by atoms with Crippen LogP contribution in [0.1, 0.15) is 10.4 Å². The van der Waals surface area contributed by atoms with Crippen molar-refractivity contribution in [2.45, 2.75) is 0 Å². The van der Waals surface area contributed by atoms with Crippen molar-refractivity contribution in [3.8, 4) is 11.1 Å². The van der Waals surface area contributed by atoms with Gasteiger partial charge < -0.3 is 24.9 Å². The number of nitrogens with one attached hydrogen (secondary N) is 1. The maximum Gasteiger partial charge on any atom is 0.253 e. The van der Waals surface area contributed by atoms with Crippen LogP contribution in [-0.2, 0) is 0 Å². The summed E-state index contributed by atoms with van der Waals surface area (Å²) in [5, 5.41) is 0. The fourth-order valence-corrected chi connectivity index (χ4v) is 3.36. The Morgan fingerprint density at radius 1 is 1.18 bits per heavy atom. The third-order valence-electron chi connectivity index (χ3n) is 4.86. The van der Waals surface area contributed by atoms with Gasteiger partial charge in [-0.05, 0) is 37.9 Å². The van der Waals surface area contributed by atoms with Crippen molar-refractivity contribution in [3.63, 3.8) is 0 Å². The molecule has 0 unspecified atom stereocenters. The number of benzene rings is 2. The second kappa shape index (κ2) is 6.97. The topological polar surface area (TPSA) is 104 Å². The van der Waals surface area contributed by atoms with E-state index in [1.54, 1.807) is 6.33 Å². The molecular weight excluding hydrogens is 356 g/mol. The second-order valence-corrected chi connectivity index (χ2v) is 7.07.